The lowest BCUT2D eigenvalue weighted by atomic mass is 10.3. The molecular formula is C42H58N14. The normalized spacial score (nSPS) is 11.4. The van der Waals surface area contributed by atoms with Gasteiger partial charge in [0.1, 0.15) is 0 Å². The Balaban J connectivity index is 1.37. The van der Waals surface area contributed by atoms with Gasteiger partial charge in [0.15, 0.2) is 0 Å². The Hall–Kier alpha value is -6.44. The molecule has 0 fully saturated rings. The van der Waals surface area contributed by atoms with Gasteiger partial charge in [-0.2, -0.15) is 0 Å². The molecule has 0 aliphatic rings. The number of rotatable bonds is 13. The SMILES string of the molecule is CN(C)n1cccc1-c1ccc(-c2ccc(-c3ccc(-c4ccc(-c5ccc(-c6cccn6N(C)C)n5N(C)C)n4N(C)C)n3N(C)C)n2N(C)C)n1N(C)C. The summed E-state index contributed by atoms with van der Waals surface area (Å²) in [7, 11) is 29.2. The highest BCUT2D eigenvalue weighted by molar-refractivity contribution is 5.77. The second-order valence-electron chi connectivity index (χ2n) is 15.5. The molecule has 0 unspecified atom stereocenters. The predicted octanol–water partition coefficient (Wildman–Crippen LogP) is 4.68. The lowest BCUT2D eigenvalue weighted by molar-refractivity contribution is 0.691. The zero-order chi connectivity index (χ0) is 40.3. The number of hydrogen-bond acceptors (Lipinski definition) is 7. The van der Waals surface area contributed by atoms with Crippen LogP contribution in [0.4, 0.5) is 0 Å². The average molecular weight is 759 g/mol. The summed E-state index contributed by atoms with van der Waals surface area (Å²) in [4.78, 5) is 0. The quantitative estimate of drug-likeness (QED) is 0.170. The fraction of sp³-hybridized carbons (Fsp3) is 0.333. The van der Waals surface area contributed by atoms with Crippen molar-refractivity contribution in [3.63, 3.8) is 0 Å². The molecule has 56 heavy (non-hydrogen) atoms. The fourth-order valence-electron chi connectivity index (χ4n) is 8.09. The fourth-order valence-corrected chi connectivity index (χ4v) is 8.09. The molecule has 0 radical (unpaired) electrons. The van der Waals surface area contributed by atoms with E-state index in [1.165, 1.54) is 0 Å². The summed E-state index contributed by atoms with van der Waals surface area (Å²) in [6.07, 6.45) is 4.18. The second-order valence-corrected chi connectivity index (χ2v) is 15.5. The van der Waals surface area contributed by atoms with Crippen molar-refractivity contribution in [3.05, 3.63) is 97.3 Å². The lowest BCUT2D eigenvalue weighted by Gasteiger charge is -2.28. The Bertz CT molecular complexity index is 2280. The minimum absolute atomic E-state index is 1.08. The molecule has 0 saturated heterocycles. The van der Waals surface area contributed by atoms with Gasteiger partial charge in [0.05, 0.1) is 68.3 Å². The monoisotopic (exact) mass is 758 g/mol. The number of aromatic nitrogens is 7. The van der Waals surface area contributed by atoms with E-state index in [-0.39, 0.29) is 0 Å². The highest BCUT2D eigenvalue weighted by Gasteiger charge is 2.27. The summed E-state index contributed by atoms with van der Waals surface area (Å²) in [5.74, 6) is 0. The molecule has 296 valence electrons. The van der Waals surface area contributed by atoms with Gasteiger partial charge in [-0.25, -0.2) is 0 Å². The number of hydrogen-bond donors (Lipinski definition) is 0. The molecule has 0 atom stereocenters. The molecule has 0 N–H and O–H groups in total. The smallest absolute Gasteiger partial charge is 0.0886 e. The van der Waals surface area contributed by atoms with Crippen molar-refractivity contribution in [1.29, 1.82) is 0 Å². The third-order valence-electron chi connectivity index (χ3n) is 10.2. The Morgan fingerprint density at radius 3 is 0.571 bits per heavy atom. The Labute approximate surface area is 331 Å². The zero-order valence-corrected chi connectivity index (χ0v) is 35.5. The van der Waals surface area contributed by atoms with E-state index >= 15 is 0 Å². The van der Waals surface area contributed by atoms with Crippen LogP contribution in [0.2, 0.25) is 0 Å². The standard InChI is InChI=1S/C42H58N14/c1-43(2)50-29-15-17-31(50)33-19-21-35(52(33)45(5)6)37-23-25-39(54(37)47(9)10)41-27-28-42(56(41)49(13)14)40-26-24-38(55(40)48(11)12)36-22-20-34(53(36)46(7)8)32-18-16-30-51(32)44(3)4/h15-30H,1-14H3. The van der Waals surface area contributed by atoms with Crippen molar-refractivity contribution in [1.82, 2.24) is 32.7 Å². The molecule has 0 spiro atoms. The minimum atomic E-state index is 1.08. The van der Waals surface area contributed by atoms with E-state index in [1.807, 2.05) is 0 Å². The zero-order valence-electron chi connectivity index (χ0n) is 35.5. The van der Waals surface area contributed by atoms with Crippen LogP contribution >= 0.6 is 0 Å². The summed E-state index contributed by atoms with van der Waals surface area (Å²) < 4.78 is 15.8. The lowest BCUT2D eigenvalue weighted by Crippen LogP contribution is -2.32. The third kappa shape index (κ3) is 6.05. The van der Waals surface area contributed by atoms with Crippen LogP contribution in [0.15, 0.2) is 97.3 Å². The molecule has 0 aromatic carbocycles. The first-order valence-corrected chi connectivity index (χ1v) is 18.8. The van der Waals surface area contributed by atoms with Gasteiger partial charge in [-0.05, 0) is 84.9 Å². The largest absolute Gasteiger partial charge is 0.319 e. The predicted molar refractivity (Wildman–Crippen MR) is 235 cm³/mol. The summed E-state index contributed by atoms with van der Waals surface area (Å²) >= 11 is 0. The van der Waals surface area contributed by atoms with E-state index in [4.69, 9.17) is 0 Å². The van der Waals surface area contributed by atoms with Crippen molar-refractivity contribution in [2.24, 2.45) is 0 Å². The Morgan fingerprint density at radius 1 is 0.232 bits per heavy atom. The number of nitrogens with zero attached hydrogens (tertiary/aromatic N) is 14. The summed E-state index contributed by atoms with van der Waals surface area (Å²) in [5, 5.41) is 15.0. The first kappa shape index (κ1) is 37.9. The molecule has 0 saturated carbocycles. The highest BCUT2D eigenvalue weighted by Crippen LogP contribution is 2.38. The van der Waals surface area contributed by atoms with Crippen molar-refractivity contribution in [2.45, 2.75) is 0 Å². The third-order valence-corrected chi connectivity index (χ3v) is 10.2. The van der Waals surface area contributed by atoms with Crippen LogP contribution in [-0.2, 0) is 0 Å². The summed E-state index contributed by atoms with van der Waals surface area (Å²) in [6.45, 7) is 0. The molecule has 0 aliphatic heterocycles. The van der Waals surface area contributed by atoms with Gasteiger partial charge in [-0.1, -0.05) is 0 Å². The van der Waals surface area contributed by atoms with Crippen LogP contribution in [0.5, 0.6) is 0 Å². The second kappa shape index (κ2) is 14.3. The minimum Gasteiger partial charge on any atom is -0.319 e. The van der Waals surface area contributed by atoms with Gasteiger partial charge in [-0.15, -0.1) is 0 Å². The molecular weight excluding hydrogens is 701 g/mol. The van der Waals surface area contributed by atoms with E-state index < -0.39 is 0 Å². The highest BCUT2D eigenvalue weighted by atomic mass is 15.6. The maximum atomic E-state index is 2.30. The first-order chi connectivity index (χ1) is 26.6. The van der Waals surface area contributed by atoms with Gasteiger partial charge in [0.2, 0.25) is 0 Å². The molecule has 0 bridgehead atoms. The Morgan fingerprint density at radius 2 is 0.411 bits per heavy atom. The molecule has 14 nitrogen and oxygen atoms in total. The van der Waals surface area contributed by atoms with Crippen LogP contribution in [0.1, 0.15) is 0 Å². The molecule has 7 heterocycles. The maximum absolute atomic E-state index is 2.30. The van der Waals surface area contributed by atoms with Crippen molar-refractivity contribution in [3.8, 4) is 68.3 Å². The molecule has 7 aromatic rings. The van der Waals surface area contributed by atoms with E-state index in [0.29, 0.717) is 0 Å². The molecule has 7 aromatic heterocycles. The first-order valence-electron chi connectivity index (χ1n) is 18.8. The van der Waals surface area contributed by atoms with Gasteiger partial charge >= 0.3 is 0 Å². The van der Waals surface area contributed by atoms with Crippen molar-refractivity contribution in [2.75, 3.05) is 134 Å². The van der Waals surface area contributed by atoms with Crippen LogP contribution in [0, 0.1) is 0 Å². The summed E-state index contributed by atoms with van der Waals surface area (Å²) in [5.41, 5.74) is 13.1. The molecule has 7 rings (SSSR count). The van der Waals surface area contributed by atoms with Crippen LogP contribution < -0.4 is 35.1 Å². The average Bonchev–Trinajstić information content (AvgIpc) is 3.96. The maximum Gasteiger partial charge on any atom is 0.0886 e. The van der Waals surface area contributed by atoms with E-state index in [9.17, 15) is 0 Å². The van der Waals surface area contributed by atoms with Gasteiger partial charge in [0.25, 0.3) is 0 Å². The van der Waals surface area contributed by atoms with E-state index in [1.54, 1.807) is 0 Å². The van der Waals surface area contributed by atoms with Gasteiger partial charge in [-0.3, -0.25) is 32.7 Å². The van der Waals surface area contributed by atoms with Crippen molar-refractivity contribution < 1.29 is 0 Å². The van der Waals surface area contributed by atoms with Crippen LogP contribution in [0.25, 0.3) is 68.3 Å². The topological polar surface area (TPSA) is 57.2 Å². The molecule has 0 amide bonds. The van der Waals surface area contributed by atoms with E-state index in [0.717, 1.165) is 68.3 Å². The van der Waals surface area contributed by atoms with Crippen molar-refractivity contribution >= 4 is 0 Å². The van der Waals surface area contributed by atoms with Crippen LogP contribution in [-0.4, -0.2) is 131 Å². The summed E-state index contributed by atoms with van der Waals surface area (Å²) in [6, 6.07) is 30.7. The van der Waals surface area contributed by atoms with Gasteiger partial charge < -0.3 is 35.1 Å². The Kier molecular flexibility index (Phi) is 9.69. The van der Waals surface area contributed by atoms with Crippen LogP contribution in [0.3, 0.4) is 0 Å². The molecule has 14 heteroatoms. The molecule has 0 aliphatic carbocycles. The van der Waals surface area contributed by atoms with E-state index in [2.05, 4.69) is 264 Å². The van der Waals surface area contributed by atoms with Gasteiger partial charge in [0, 0.05) is 111 Å².